The molecule has 0 N–H and O–H groups in total. The molecule has 1 aromatic rings. The molecule has 1 amide bonds. The summed E-state index contributed by atoms with van der Waals surface area (Å²) in [7, 11) is 3.22. The summed E-state index contributed by atoms with van der Waals surface area (Å²) in [6.45, 7) is 8.05. The second-order valence-electron chi connectivity index (χ2n) is 6.30. The molecule has 1 aliphatic rings. The summed E-state index contributed by atoms with van der Waals surface area (Å²) in [5, 5.41) is 0. The highest BCUT2D eigenvalue weighted by atomic mass is 16.5. The Balaban J connectivity index is 2.29. The Kier molecular flexibility index (Phi) is 5.88. The van der Waals surface area contributed by atoms with Crippen LogP contribution < -0.4 is 9.47 Å². The third-order valence-corrected chi connectivity index (χ3v) is 4.25. The van der Waals surface area contributed by atoms with Crippen molar-refractivity contribution in [1.82, 2.24) is 4.90 Å². The number of ether oxygens (including phenoxy) is 3. The van der Waals surface area contributed by atoms with Gasteiger partial charge in [0.25, 0.3) is 0 Å². The minimum Gasteiger partial charge on any atom is -0.493 e. The van der Waals surface area contributed by atoms with Crippen LogP contribution in [0.3, 0.4) is 0 Å². The van der Waals surface area contributed by atoms with Crippen LogP contribution in [0.5, 0.6) is 11.5 Å². The standard InChI is InChI=1S/C18H27NO4/c1-12(2)17(18(20)19-8-9-23-13(3)11-19)14-6-7-15(21-4)16(10-14)22-5/h6-7,10,12-13,17H,8-9,11H2,1-5H3. The predicted molar refractivity (Wildman–Crippen MR) is 89.1 cm³/mol. The molecule has 0 radical (unpaired) electrons. The van der Waals surface area contributed by atoms with Crippen LogP contribution >= 0.6 is 0 Å². The topological polar surface area (TPSA) is 48.0 Å². The zero-order chi connectivity index (χ0) is 17.0. The second-order valence-corrected chi connectivity index (χ2v) is 6.30. The van der Waals surface area contributed by atoms with E-state index >= 15 is 0 Å². The Morgan fingerprint density at radius 1 is 1.26 bits per heavy atom. The van der Waals surface area contributed by atoms with Gasteiger partial charge in [0.05, 0.1) is 32.8 Å². The molecular weight excluding hydrogens is 294 g/mol. The SMILES string of the molecule is COc1ccc(C(C(=O)N2CCOC(C)C2)C(C)C)cc1OC. The number of amides is 1. The van der Waals surface area contributed by atoms with Crippen molar-refractivity contribution in [2.75, 3.05) is 33.9 Å². The summed E-state index contributed by atoms with van der Waals surface area (Å²) < 4.78 is 16.2. The zero-order valence-corrected chi connectivity index (χ0v) is 14.7. The summed E-state index contributed by atoms with van der Waals surface area (Å²) in [6.07, 6.45) is 0.0888. The van der Waals surface area contributed by atoms with Gasteiger partial charge >= 0.3 is 0 Å². The van der Waals surface area contributed by atoms with Gasteiger partial charge in [-0.1, -0.05) is 19.9 Å². The number of nitrogens with zero attached hydrogens (tertiary/aromatic N) is 1. The molecule has 2 unspecified atom stereocenters. The zero-order valence-electron chi connectivity index (χ0n) is 14.7. The molecule has 1 fully saturated rings. The van der Waals surface area contributed by atoms with Crippen LogP contribution in [0.1, 0.15) is 32.3 Å². The molecule has 0 aliphatic carbocycles. The fourth-order valence-corrected chi connectivity index (χ4v) is 3.07. The molecule has 0 spiro atoms. The van der Waals surface area contributed by atoms with Crippen LogP contribution in [0, 0.1) is 5.92 Å². The fraction of sp³-hybridized carbons (Fsp3) is 0.611. The Bertz CT molecular complexity index is 544. The van der Waals surface area contributed by atoms with Crippen molar-refractivity contribution in [2.24, 2.45) is 5.92 Å². The van der Waals surface area contributed by atoms with Gasteiger partial charge in [0.15, 0.2) is 11.5 Å². The van der Waals surface area contributed by atoms with Crippen LogP contribution in [0.4, 0.5) is 0 Å². The molecule has 2 rings (SSSR count). The molecule has 0 saturated carbocycles. The Labute approximate surface area is 138 Å². The van der Waals surface area contributed by atoms with E-state index in [1.165, 1.54) is 0 Å². The van der Waals surface area contributed by atoms with Gasteiger partial charge < -0.3 is 19.1 Å². The van der Waals surface area contributed by atoms with Gasteiger partial charge in [-0.05, 0) is 30.5 Å². The van der Waals surface area contributed by atoms with Crippen LogP contribution in [0.25, 0.3) is 0 Å². The van der Waals surface area contributed by atoms with Gasteiger partial charge in [-0.15, -0.1) is 0 Å². The Morgan fingerprint density at radius 2 is 1.96 bits per heavy atom. The predicted octanol–water partition coefficient (Wildman–Crippen LogP) is 2.69. The van der Waals surface area contributed by atoms with Crippen molar-refractivity contribution >= 4 is 5.91 Å². The highest BCUT2D eigenvalue weighted by molar-refractivity contribution is 5.84. The number of morpholine rings is 1. The second kappa shape index (κ2) is 7.68. The molecule has 1 heterocycles. The van der Waals surface area contributed by atoms with E-state index in [1.54, 1.807) is 14.2 Å². The molecule has 1 saturated heterocycles. The molecule has 5 nitrogen and oxygen atoms in total. The molecular formula is C18H27NO4. The van der Waals surface area contributed by atoms with E-state index in [-0.39, 0.29) is 23.8 Å². The summed E-state index contributed by atoms with van der Waals surface area (Å²) in [6, 6.07) is 5.72. The first-order valence-electron chi connectivity index (χ1n) is 8.10. The van der Waals surface area contributed by atoms with Gasteiger partial charge in [-0.3, -0.25) is 4.79 Å². The maximum absolute atomic E-state index is 13.0. The third kappa shape index (κ3) is 3.96. The largest absolute Gasteiger partial charge is 0.493 e. The van der Waals surface area contributed by atoms with E-state index in [1.807, 2.05) is 30.0 Å². The lowest BCUT2D eigenvalue weighted by Crippen LogP contribution is -2.47. The lowest BCUT2D eigenvalue weighted by molar-refractivity contribution is -0.140. The minimum absolute atomic E-state index is 0.0888. The highest BCUT2D eigenvalue weighted by Crippen LogP contribution is 2.34. The molecule has 23 heavy (non-hydrogen) atoms. The molecule has 5 heteroatoms. The summed E-state index contributed by atoms with van der Waals surface area (Å²) in [4.78, 5) is 15.0. The molecule has 0 bridgehead atoms. The first-order valence-corrected chi connectivity index (χ1v) is 8.10. The van der Waals surface area contributed by atoms with Crippen molar-refractivity contribution in [2.45, 2.75) is 32.8 Å². The van der Waals surface area contributed by atoms with E-state index in [4.69, 9.17) is 14.2 Å². The van der Waals surface area contributed by atoms with Crippen LogP contribution in [-0.4, -0.2) is 50.8 Å². The summed E-state index contributed by atoms with van der Waals surface area (Å²) in [5.41, 5.74) is 0.960. The molecule has 1 aliphatic heterocycles. The maximum atomic E-state index is 13.0. The highest BCUT2D eigenvalue weighted by Gasteiger charge is 2.31. The van der Waals surface area contributed by atoms with E-state index in [0.717, 1.165) is 5.56 Å². The smallest absolute Gasteiger partial charge is 0.230 e. The minimum atomic E-state index is -0.194. The fourth-order valence-electron chi connectivity index (χ4n) is 3.07. The van der Waals surface area contributed by atoms with Crippen LogP contribution in [0.15, 0.2) is 18.2 Å². The van der Waals surface area contributed by atoms with Gasteiger partial charge in [0.1, 0.15) is 0 Å². The number of hydrogen-bond acceptors (Lipinski definition) is 4. The van der Waals surface area contributed by atoms with E-state index in [0.29, 0.717) is 31.2 Å². The molecule has 0 aromatic heterocycles. The van der Waals surface area contributed by atoms with E-state index in [2.05, 4.69) is 13.8 Å². The Morgan fingerprint density at radius 3 is 2.52 bits per heavy atom. The normalized spacial score (nSPS) is 19.6. The third-order valence-electron chi connectivity index (χ3n) is 4.25. The van der Waals surface area contributed by atoms with Crippen molar-refractivity contribution in [3.63, 3.8) is 0 Å². The molecule has 128 valence electrons. The maximum Gasteiger partial charge on any atom is 0.230 e. The molecule has 2 atom stereocenters. The number of hydrogen-bond donors (Lipinski definition) is 0. The van der Waals surface area contributed by atoms with Gasteiger partial charge in [0, 0.05) is 13.1 Å². The van der Waals surface area contributed by atoms with E-state index in [9.17, 15) is 4.79 Å². The quantitative estimate of drug-likeness (QED) is 0.836. The number of benzene rings is 1. The van der Waals surface area contributed by atoms with Gasteiger partial charge in [-0.25, -0.2) is 0 Å². The van der Waals surface area contributed by atoms with Crippen molar-refractivity contribution in [1.29, 1.82) is 0 Å². The van der Waals surface area contributed by atoms with Gasteiger partial charge in [-0.2, -0.15) is 0 Å². The first kappa shape index (κ1) is 17.6. The van der Waals surface area contributed by atoms with E-state index < -0.39 is 0 Å². The summed E-state index contributed by atoms with van der Waals surface area (Å²) in [5.74, 6) is 1.48. The Hall–Kier alpha value is -1.75. The van der Waals surface area contributed by atoms with Crippen LogP contribution in [-0.2, 0) is 9.53 Å². The number of rotatable bonds is 5. The lowest BCUT2D eigenvalue weighted by atomic mass is 9.86. The van der Waals surface area contributed by atoms with Gasteiger partial charge in [0.2, 0.25) is 5.91 Å². The van der Waals surface area contributed by atoms with Crippen LogP contribution in [0.2, 0.25) is 0 Å². The van der Waals surface area contributed by atoms with Crippen molar-refractivity contribution in [3.05, 3.63) is 23.8 Å². The number of carbonyl (C=O) groups is 1. The average Bonchev–Trinajstić information content (AvgIpc) is 2.54. The summed E-state index contributed by atoms with van der Waals surface area (Å²) >= 11 is 0. The number of methoxy groups -OCH3 is 2. The average molecular weight is 321 g/mol. The number of carbonyl (C=O) groups excluding carboxylic acids is 1. The monoisotopic (exact) mass is 321 g/mol. The van der Waals surface area contributed by atoms with Crippen molar-refractivity contribution < 1.29 is 19.0 Å². The van der Waals surface area contributed by atoms with Crippen molar-refractivity contribution in [3.8, 4) is 11.5 Å². The molecule has 1 aromatic carbocycles. The first-order chi connectivity index (χ1) is 11.0. The lowest BCUT2D eigenvalue weighted by Gasteiger charge is -2.35.